The maximum Gasteiger partial charge on any atom is 0.490 e. The van der Waals surface area contributed by atoms with Crippen molar-refractivity contribution in [3.63, 3.8) is 0 Å². The molecule has 3 heterocycles. The second kappa shape index (κ2) is 12.7. The second-order valence-electron chi connectivity index (χ2n) is 7.83. The van der Waals surface area contributed by atoms with Gasteiger partial charge >= 0.3 is 24.3 Å². The number of aliphatic carboxylic acids is 2. The Kier molecular flexibility index (Phi) is 10.1. The van der Waals surface area contributed by atoms with Gasteiger partial charge in [0.05, 0.1) is 12.4 Å². The lowest BCUT2D eigenvalue weighted by molar-refractivity contribution is -0.193. The molecule has 38 heavy (non-hydrogen) atoms. The van der Waals surface area contributed by atoms with E-state index in [-0.39, 0.29) is 11.9 Å². The topological polar surface area (TPSA) is 116 Å². The summed E-state index contributed by atoms with van der Waals surface area (Å²) in [6.07, 6.45) is -6.86. The van der Waals surface area contributed by atoms with Gasteiger partial charge in [0.25, 0.3) is 0 Å². The molecule has 2 aliphatic rings. The fourth-order valence-electron chi connectivity index (χ4n) is 3.46. The Labute approximate surface area is 209 Å². The van der Waals surface area contributed by atoms with E-state index >= 15 is 0 Å². The summed E-state index contributed by atoms with van der Waals surface area (Å²) in [6, 6.07) is 6.59. The van der Waals surface area contributed by atoms with Crippen LogP contribution in [0, 0.1) is 11.6 Å². The first-order valence-electron chi connectivity index (χ1n) is 10.5. The zero-order chi connectivity index (χ0) is 28.7. The van der Waals surface area contributed by atoms with E-state index in [1.807, 2.05) is 0 Å². The van der Waals surface area contributed by atoms with Gasteiger partial charge in [-0.05, 0) is 12.1 Å². The lowest BCUT2D eigenvalue weighted by Gasteiger charge is -2.37. The van der Waals surface area contributed by atoms with E-state index < -0.39 is 30.1 Å². The highest BCUT2D eigenvalue weighted by atomic mass is 19.4. The molecule has 2 atom stereocenters. The van der Waals surface area contributed by atoms with Crippen LogP contribution in [0.4, 0.5) is 41.1 Å². The number of anilines is 1. The molecule has 2 aliphatic heterocycles. The molecule has 1 aromatic carbocycles. The van der Waals surface area contributed by atoms with Crippen LogP contribution in [0.15, 0.2) is 36.7 Å². The number of halogens is 8. The van der Waals surface area contributed by atoms with Crippen LogP contribution < -0.4 is 9.64 Å². The first kappa shape index (κ1) is 30.5. The molecule has 2 saturated heterocycles. The summed E-state index contributed by atoms with van der Waals surface area (Å²) in [5.74, 6) is -5.10. The number of aromatic nitrogens is 2. The van der Waals surface area contributed by atoms with Crippen LogP contribution in [0.5, 0.6) is 5.75 Å². The molecule has 9 nitrogen and oxygen atoms in total. The number of piperazine rings is 1. The fraction of sp³-hybridized carbons (Fsp3) is 0.429. The van der Waals surface area contributed by atoms with Crippen molar-refractivity contribution in [3.05, 3.63) is 48.3 Å². The standard InChI is InChI=1S/C17H18F2N4O.2C2HF3O2/c18-12-2-1-3-15(6-12)24-16-7-14-10-23(5-4-22(14)11-16)17-20-8-13(19)9-21-17;2*3-2(4,5)1(6)7/h1-3,6,8-9,14,16H,4-5,7,10-11H2;2*(H,6,7)/t14-,16+;;/m0../s1. The van der Waals surface area contributed by atoms with Crippen LogP contribution in [-0.2, 0) is 9.59 Å². The smallest absolute Gasteiger partial charge is 0.489 e. The van der Waals surface area contributed by atoms with Gasteiger partial charge in [0.1, 0.15) is 17.7 Å². The molecule has 17 heteroatoms. The molecule has 2 N–H and O–H groups in total. The van der Waals surface area contributed by atoms with Gasteiger partial charge in [-0.3, -0.25) is 4.90 Å². The molecule has 0 amide bonds. The Morgan fingerprint density at radius 1 is 0.895 bits per heavy atom. The minimum absolute atomic E-state index is 0.0471. The average Bonchev–Trinajstić information content (AvgIpc) is 3.20. The van der Waals surface area contributed by atoms with Crippen LogP contribution in [0.3, 0.4) is 0 Å². The molecular formula is C21H20F8N4O5. The number of benzene rings is 1. The number of alkyl halides is 6. The number of carboxylic acids is 2. The van der Waals surface area contributed by atoms with E-state index in [0.717, 1.165) is 32.6 Å². The van der Waals surface area contributed by atoms with E-state index in [4.69, 9.17) is 24.5 Å². The molecule has 0 radical (unpaired) electrons. The van der Waals surface area contributed by atoms with Gasteiger partial charge in [0.15, 0.2) is 5.82 Å². The normalized spacial score (nSPS) is 19.3. The summed E-state index contributed by atoms with van der Waals surface area (Å²) in [6.45, 7) is 3.30. The Hall–Kier alpha value is -3.76. The third-order valence-electron chi connectivity index (χ3n) is 5.05. The number of carbonyl (C=O) groups is 2. The van der Waals surface area contributed by atoms with E-state index in [1.165, 1.54) is 24.5 Å². The number of carboxylic acid groups (broad SMARTS) is 2. The summed E-state index contributed by atoms with van der Waals surface area (Å²) in [7, 11) is 0. The van der Waals surface area contributed by atoms with Crippen molar-refractivity contribution in [2.75, 3.05) is 31.1 Å². The van der Waals surface area contributed by atoms with E-state index in [9.17, 15) is 35.1 Å². The van der Waals surface area contributed by atoms with E-state index in [1.54, 1.807) is 12.1 Å². The van der Waals surface area contributed by atoms with Crippen molar-refractivity contribution >= 4 is 17.9 Å². The third-order valence-corrected chi connectivity index (χ3v) is 5.05. The van der Waals surface area contributed by atoms with Gasteiger partial charge in [-0.1, -0.05) is 6.07 Å². The van der Waals surface area contributed by atoms with Crippen LogP contribution in [-0.4, -0.2) is 87.7 Å². The lowest BCUT2D eigenvalue weighted by Crippen LogP contribution is -2.50. The molecule has 4 rings (SSSR count). The highest BCUT2D eigenvalue weighted by molar-refractivity contribution is 5.73. The summed E-state index contributed by atoms with van der Waals surface area (Å²) >= 11 is 0. The quantitative estimate of drug-likeness (QED) is 0.546. The van der Waals surface area contributed by atoms with Gasteiger partial charge < -0.3 is 19.8 Å². The summed E-state index contributed by atoms with van der Waals surface area (Å²) in [4.78, 5) is 30.4. The highest BCUT2D eigenvalue weighted by Gasteiger charge is 2.39. The summed E-state index contributed by atoms with van der Waals surface area (Å²) < 4.78 is 95.6. The maximum absolute atomic E-state index is 13.3. The maximum atomic E-state index is 13.3. The number of nitrogens with zero attached hydrogens (tertiary/aromatic N) is 4. The van der Waals surface area contributed by atoms with Crippen LogP contribution >= 0.6 is 0 Å². The zero-order valence-corrected chi connectivity index (χ0v) is 19.1. The van der Waals surface area contributed by atoms with E-state index in [2.05, 4.69) is 19.8 Å². The van der Waals surface area contributed by atoms with Gasteiger partial charge in [-0.25, -0.2) is 28.3 Å². The second-order valence-corrected chi connectivity index (χ2v) is 7.83. The lowest BCUT2D eigenvalue weighted by atomic mass is 10.1. The predicted octanol–water partition coefficient (Wildman–Crippen LogP) is 3.36. The van der Waals surface area contributed by atoms with Crippen molar-refractivity contribution < 1.29 is 59.7 Å². The number of hydrogen-bond acceptors (Lipinski definition) is 7. The minimum Gasteiger partial charge on any atom is -0.489 e. The first-order chi connectivity index (χ1) is 17.6. The largest absolute Gasteiger partial charge is 0.490 e. The Balaban J connectivity index is 0.000000301. The van der Waals surface area contributed by atoms with Gasteiger partial charge in [-0.2, -0.15) is 26.3 Å². The molecular weight excluding hydrogens is 540 g/mol. The first-order valence-corrected chi connectivity index (χ1v) is 10.5. The van der Waals surface area contributed by atoms with Crippen molar-refractivity contribution in [2.24, 2.45) is 0 Å². The number of hydrogen-bond donors (Lipinski definition) is 2. The number of ether oxygens (including phenoxy) is 1. The van der Waals surface area contributed by atoms with Gasteiger partial charge in [-0.15, -0.1) is 0 Å². The van der Waals surface area contributed by atoms with Gasteiger partial charge in [0.2, 0.25) is 5.95 Å². The van der Waals surface area contributed by atoms with Crippen molar-refractivity contribution in [3.8, 4) is 5.75 Å². The number of fused-ring (bicyclic) bond motifs is 1. The van der Waals surface area contributed by atoms with E-state index in [0.29, 0.717) is 17.7 Å². The molecule has 2 fully saturated rings. The van der Waals surface area contributed by atoms with Crippen LogP contribution in [0.2, 0.25) is 0 Å². The molecule has 0 aliphatic carbocycles. The zero-order valence-electron chi connectivity index (χ0n) is 19.1. The van der Waals surface area contributed by atoms with Crippen LogP contribution in [0.25, 0.3) is 0 Å². The Morgan fingerprint density at radius 2 is 1.45 bits per heavy atom. The third kappa shape index (κ3) is 9.60. The predicted molar refractivity (Wildman–Crippen MR) is 112 cm³/mol. The van der Waals surface area contributed by atoms with Gasteiger partial charge in [0, 0.05) is 44.7 Å². The summed E-state index contributed by atoms with van der Waals surface area (Å²) in [5, 5.41) is 14.2. The van der Waals surface area contributed by atoms with Crippen molar-refractivity contribution in [2.45, 2.75) is 30.9 Å². The highest BCUT2D eigenvalue weighted by Crippen LogP contribution is 2.27. The number of rotatable bonds is 3. The van der Waals surface area contributed by atoms with Crippen molar-refractivity contribution in [1.29, 1.82) is 0 Å². The summed E-state index contributed by atoms with van der Waals surface area (Å²) in [5.41, 5.74) is 0. The molecule has 0 unspecified atom stereocenters. The Morgan fingerprint density at radius 3 is 1.95 bits per heavy atom. The molecule has 1 aromatic heterocycles. The monoisotopic (exact) mass is 560 g/mol. The average molecular weight is 560 g/mol. The Bertz CT molecular complexity index is 1060. The van der Waals surface area contributed by atoms with Crippen molar-refractivity contribution in [1.82, 2.24) is 14.9 Å². The molecule has 0 bridgehead atoms. The van der Waals surface area contributed by atoms with Crippen LogP contribution in [0.1, 0.15) is 6.42 Å². The molecule has 0 spiro atoms. The molecule has 2 aromatic rings. The fourth-order valence-corrected chi connectivity index (χ4v) is 3.46. The SMILES string of the molecule is Fc1cnc(N2CCN3C[C@H](Oc4cccc(F)c4)C[C@H]3C2)nc1.O=C(O)C(F)(F)F.O=C(O)C(F)(F)F. The minimum atomic E-state index is -5.08. The molecule has 210 valence electrons. The molecule has 0 saturated carbocycles.